The van der Waals surface area contributed by atoms with Gasteiger partial charge in [-0.2, -0.15) is 0 Å². The lowest BCUT2D eigenvalue weighted by atomic mass is 10.1. The minimum Gasteiger partial charge on any atom is -0.380 e. The van der Waals surface area contributed by atoms with Crippen molar-refractivity contribution in [3.05, 3.63) is 11.4 Å². The van der Waals surface area contributed by atoms with Crippen molar-refractivity contribution in [1.29, 1.82) is 0 Å². The van der Waals surface area contributed by atoms with E-state index in [1.165, 1.54) is 0 Å². The van der Waals surface area contributed by atoms with Gasteiger partial charge in [0.2, 0.25) is 0 Å². The second-order valence-electron chi connectivity index (χ2n) is 4.66. The summed E-state index contributed by atoms with van der Waals surface area (Å²) in [4.78, 5) is 11.1. The average molecular weight is 251 g/mol. The Morgan fingerprint density at radius 1 is 1.39 bits per heavy atom. The molecule has 3 N–H and O–H groups in total. The minimum absolute atomic E-state index is 0.280. The van der Waals surface area contributed by atoms with Gasteiger partial charge in [-0.05, 0) is 26.7 Å². The molecular weight excluding hydrogens is 230 g/mol. The van der Waals surface area contributed by atoms with E-state index in [0.29, 0.717) is 5.82 Å². The fraction of sp³-hybridized carbons (Fsp3) is 0.667. The highest BCUT2D eigenvalue weighted by molar-refractivity contribution is 5.58. The topological polar surface area (TPSA) is 76.3 Å². The number of nitrogens with zero attached hydrogens (tertiary/aromatic N) is 3. The molecule has 1 atom stereocenters. The molecule has 1 fully saturated rings. The summed E-state index contributed by atoms with van der Waals surface area (Å²) in [5.74, 6) is 7.86. The van der Waals surface area contributed by atoms with E-state index in [0.717, 1.165) is 43.1 Å². The molecule has 1 saturated heterocycles. The molecule has 18 heavy (non-hydrogen) atoms. The Balaban J connectivity index is 2.29. The summed E-state index contributed by atoms with van der Waals surface area (Å²) in [6, 6.07) is 0. The molecule has 100 valence electrons. The van der Waals surface area contributed by atoms with Crippen LogP contribution in [0.4, 0.5) is 11.6 Å². The third-order valence-electron chi connectivity index (χ3n) is 3.38. The first-order chi connectivity index (χ1) is 8.65. The number of hydrogen-bond acceptors (Lipinski definition) is 6. The van der Waals surface area contributed by atoms with Gasteiger partial charge in [-0.25, -0.2) is 15.8 Å². The van der Waals surface area contributed by atoms with Crippen LogP contribution in [0.15, 0.2) is 0 Å². The smallest absolute Gasteiger partial charge is 0.148 e. The highest BCUT2D eigenvalue weighted by atomic mass is 16.5. The maximum absolute atomic E-state index is 5.49. The lowest BCUT2D eigenvalue weighted by Crippen LogP contribution is -2.40. The zero-order valence-electron chi connectivity index (χ0n) is 11.2. The van der Waals surface area contributed by atoms with Crippen LogP contribution in [0.25, 0.3) is 0 Å². The fourth-order valence-electron chi connectivity index (χ4n) is 2.39. The zero-order valence-corrected chi connectivity index (χ0v) is 11.2. The van der Waals surface area contributed by atoms with Crippen molar-refractivity contribution in [1.82, 2.24) is 9.97 Å². The third kappa shape index (κ3) is 2.54. The molecule has 6 nitrogen and oxygen atoms in total. The van der Waals surface area contributed by atoms with Crippen molar-refractivity contribution in [2.45, 2.75) is 32.8 Å². The first kappa shape index (κ1) is 13.0. The van der Waals surface area contributed by atoms with Crippen molar-refractivity contribution in [2.75, 3.05) is 30.5 Å². The lowest BCUT2D eigenvalue weighted by Gasteiger charge is -2.33. The van der Waals surface area contributed by atoms with Crippen LogP contribution in [0.3, 0.4) is 0 Å². The molecule has 1 aliphatic rings. The molecule has 0 aromatic carbocycles. The second-order valence-corrected chi connectivity index (χ2v) is 4.66. The first-order valence-corrected chi connectivity index (χ1v) is 6.25. The number of aryl methyl sites for hydroxylation is 1. The van der Waals surface area contributed by atoms with Gasteiger partial charge in [-0.1, -0.05) is 0 Å². The number of aromatic nitrogens is 2. The Morgan fingerprint density at radius 2 is 2.17 bits per heavy atom. The minimum atomic E-state index is 0.280. The Labute approximate surface area is 108 Å². The third-order valence-corrected chi connectivity index (χ3v) is 3.38. The monoisotopic (exact) mass is 251 g/mol. The van der Waals surface area contributed by atoms with Gasteiger partial charge in [-0.15, -0.1) is 0 Å². The van der Waals surface area contributed by atoms with E-state index in [4.69, 9.17) is 10.6 Å². The molecule has 0 aliphatic carbocycles. The summed E-state index contributed by atoms with van der Waals surface area (Å²) in [6.07, 6.45) is 2.51. The molecule has 1 aliphatic heterocycles. The Kier molecular flexibility index (Phi) is 3.98. The van der Waals surface area contributed by atoms with E-state index >= 15 is 0 Å². The predicted molar refractivity (Wildman–Crippen MR) is 71.6 cm³/mol. The predicted octanol–water partition coefficient (Wildman–Crippen LogP) is 0.994. The van der Waals surface area contributed by atoms with Crippen LogP contribution in [-0.2, 0) is 4.74 Å². The Morgan fingerprint density at radius 3 is 2.83 bits per heavy atom. The molecule has 0 spiro atoms. The molecule has 1 aromatic heterocycles. The van der Waals surface area contributed by atoms with Crippen LogP contribution in [0.1, 0.15) is 24.2 Å². The molecule has 1 aromatic rings. The lowest BCUT2D eigenvalue weighted by molar-refractivity contribution is 0.0891. The van der Waals surface area contributed by atoms with Crippen molar-refractivity contribution in [3.63, 3.8) is 0 Å². The van der Waals surface area contributed by atoms with Gasteiger partial charge in [0, 0.05) is 25.8 Å². The van der Waals surface area contributed by atoms with Crippen LogP contribution in [0, 0.1) is 13.8 Å². The van der Waals surface area contributed by atoms with Gasteiger partial charge in [0.15, 0.2) is 0 Å². The van der Waals surface area contributed by atoms with E-state index < -0.39 is 0 Å². The number of ether oxygens (including phenoxy) is 1. The molecule has 0 saturated carbocycles. The number of nitrogens with two attached hydrogens (primary N) is 1. The number of hydrogen-bond donors (Lipinski definition) is 2. The summed E-state index contributed by atoms with van der Waals surface area (Å²) in [5, 5.41) is 0. The summed E-state index contributed by atoms with van der Waals surface area (Å²) in [6.45, 7) is 5.74. The SMILES string of the molecule is COC1CCCN(c2nc(C)nc(NN)c2C)C1. The van der Waals surface area contributed by atoms with Gasteiger partial charge in [0.1, 0.15) is 17.5 Å². The van der Waals surface area contributed by atoms with Crippen LogP contribution in [0.5, 0.6) is 0 Å². The second kappa shape index (κ2) is 5.49. The standard InChI is InChI=1S/C12H21N5O/c1-8-11(16-13)14-9(2)15-12(8)17-6-4-5-10(7-17)18-3/h10H,4-7,13H2,1-3H3,(H,14,15,16). The van der Waals surface area contributed by atoms with E-state index in [9.17, 15) is 0 Å². The summed E-state index contributed by atoms with van der Waals surface area (Å²) >= 11 is 0. The number of methoxy groups -OCH3 is 1. The summed E-state index contributed by atoms with van der Waals surface area (Å²) in [5.41, 5.74) is 3.62. The maximum Gasteiger partial charge on any atom is 0.148 e. The molecule has 1 unspecified atom stereocenters. The highest BCUT2D eigenvalue weighted by Crippen LogP contribution is 2.26. The van der Waals surface area contributed by atoms with E-state index in [1.54, 1.807) is 7.11 Å². The number of nitrogens with one attached hydrogen (secondary N) is 1. The number of nitrogen functional groups attached to an aromatic ring is 1. The van der Waals surface area contributed by atoms with Gasteiger partial charge >= 0.3 is 0 Å². The largest absolute Gasteiger partial charge is 0.380 e. The molecule has 6 heteroatoms. The quantitative estimate of drug-likeness (QED) is 0.616. The average Bonchev–Trinajstić information content (AvgIpc) is 2.41. The van der Waals surface area contributed by atoms with Crippen LogP contribution >= 0.6 is 0 Å². The molecule has 2 rings (SSSR count). The number of hydrazine groups is 1. The number of rotatable bonds is 3. The van der Waals surface area contributed by atoms with Crippen molar-refractivity contribution < 1.29 is 4.74 Å². The van der Waals surface area contributed by atoms with E-state index in [1.807, 2.05) is 13.8 Å². The molecule has 0 amide bonds. The Hall–Kier alpha value is -1.40. The summed E-state index contributed by atoms with van der Waals surface area (Å²) in [7, 11) is 1.76. The normalized spacial score (nSPS) is 20.0. The van der Waals surface area contributed by atoms with Crippen molar-refractivity contribution in [3.8, 4) is 0 Å². The van der Waals surface area contributed by atoms with Gasteiger partial charge in [-0.3, -0.25) is 0 Å². The van der Waals surface area contributed by atoms with Crippen molar-refractivity contribution in [2.24, 2.45) is 5.84 Å². The molecule has 0 bridgehead atoms. The van der Waals surface area contributed by atoms with Crippen molar-refractivity contribution >= 4 is 11.6 Å². The number of anilines is 2. The molecular formula is C12H21N5O. The molecule has 0 radical (unpaired) electrons. The van der Waals surface area contributed by atoms with Crippen LogP contribution in [0.2, 0.25) is 0 Å². The number of piperidine rings is 1. The van der Waals surface area contributed by atoms with Crippen LogP contribution < -0.4 is 16.2 Å². The van der Waals surface area contributed by atoms with Gasteiger partial charge < -0.3 is 15.1 Å². The van der Waals surface area contributed by atoms with Gasteiger partial charge in [0.25, 0.3) is 0 Å². The summed E-state index contributed by atoms with van der Waals surface area (Å²) < 4.78 is 5.44. The van der Waals surface area contributed by atoms with Crippen LogP contribution in [-0.4, -0.2) is 36.3 Å². The highest BCUT2D eigenvalue weighted by Gasteiger charge is 2.23. The maximum atomic E-state index is 5.49. The fourth-order valence-corrected chi connectivity index (χ4v) is 2.39. The first-order valence-electron chi connectivity index (χ1n) is 6.25. The Bertz CT molecular complexity index is 423. The molecule has 2 heterocycles. The van der Waals surface area contributed by atoms with E-state index in [2.05, 4.69) is 20.3 Å². The van der Waals surface area contributed by atoms with Gasteiger partial charge in [0.05, 0.1) is 6.10 Å². The van der Waals surface area contributed by atoms with E-state index in [-0.39, 0.29) is 6.10 Å². The zero-order chi connectivity index (χ0) is 13.1.